The third-order valence-corrected chi connectivity index (χ3v) is 3.18. The van der Waals surface area contributed by atoms with Crippen LogP contribution >= 0.6 is 0 Å². The van der Waals surface area contributed by atoms with E-state index in [2.05, 4.69) is 5.16 Å². The lowest BCUT2D eigenvalue weighted by atomic mass is 9.94. The van der Waals surface area contributed by atoms with E-state index in [0.717, 1.165) is 5.56 Å². The first-order chi connectivity index (χ1) is 9.99. The van der Waals surface area contributed by atoms with Crippen molar-refractivity contribution in [3.63, 3.8) is 0 Å². The molecule has 0 fully saturated rings. The van der Waals surface area contributed by atoms with Gasteiger partial charge < -0.3 is 19.1 Å². The van der Waals surface area contributed by atoms with E-state index < -0.39 is 5.97 Å². The molecule has 0 aliphatic carbocycles. The number of rotatable bonds is 5. The molecular formula is C15H17NO5. The minimum atomic E-state index is -1.17. The van der Waals surface area contributed by atoms with Crippen LogP contribution in [0.4, 0.5) is 0 Å². The first-order valence-corrected chi connectivity index (χ1v) is 6.44. The smallest absolute Gasteiger partial charge is 0.374 e. The van der Waals surface area contributed by atoms with E-state index in [0.29, 0.717) is 22.8 Å². The molecule has 2 aromatic rings. The number of carbonyl (C=O) groups is 1. The maximum atomic E-state index is 11.0. The minimum absolute atomic E-state index is 0.199. The lowest BCUT2D eigenvalue weighted by molar-refractivity contribution is 0.0652. The van der Waals surface area contributed by atoms with E-state index in [-0.39, 0.29) is 11.7 Å². The maximum Gasteiger partial charge on any atom is 0.374 e. The van der Waals surface area contributed by atoms with Crippen LogP contribution in [0.2, 0.25) is 0 Å². The van der Waals surface area contributed by atoms with E-state index in [1.165, 1.54) is 13.2 Å². The number of hydrogen-bond donors (Lipinski definition) is 1. The molecule has 21 heavy (non-hydrogen) atoms. The summed E-state index contributed by atoms with van der Waals surface area (Å²) >= 11 is 0. The largest absolute Gasteiger partial charge is 0.493 e. The summed E-state index contributed by atoms with van der Waals surface area (Å²) in [6, 6.07) is 5.11. The molecule has 1 heterocycles. The molecule has 6 nitrogen and oxygen atoms in total. The fourth-order valence-electron chi connectivity index (χ4n) is 2.18. The molecule has 2 rings (SSSR count). The van der Waals surface area contributed by atoms with Crippen LogP contribution in [-0.4, -0.2) is 30.5 Å². The van der Waals surface area contributed by atoms with Gasteiger partial charge in [0.1, 0.15) is 5.69 Å². The second-order valence-electron chi connectivity index (χ2n) is 4.80. The van der Waals surface area contributed by atoms with E-state index >= 15 is 0 Å². The highest BCUT2D eigenvalue weighted by Gasteiger charge is 2.22. The van der Waals surface area contributed by atoms with Crippen LogP contribution in [0.25, 0.3) is 11.3 Å². The second kappa shape index (κ2) is 5.87. The first kappa shape index (κ1) is 14.9. The van der Waals surface area contributed by atoms with Gasteiger partial charge in [-0.25, -0.2) is 4.79 Å². The van der Waals surface area contributed by atoms with Gasteiger partial charge in [-0.2, -0.15) is 0 Å². The van der Waals surface area contributed by atoms with Crippen LogP contribution < -0.4 is 9.47 Å². The quantitative estimate of drug-likeness (QED) is 0.911. The molecule has 0 aliphatic rings. The summed E-state index contributed by atoms with van der Waals surface area (Å²) in [5.41, 5.74) is 2.06. The van der Waals surface area contributed by atoms with Crippen LogP contribution in [0.3, 0.4) is 0 Å². The van der Waals surface area contributed by atoms with Crippen molar-refractivity contribution in [1.29, 1.82) is 0 Å². The zero-order valence-corrected chi connectivity index (χ0v) is 12.3. The summed E-state index contributed by atoms with van der Waals surface area (Å²) in [6.07, 6.45) is 0. The number of hydrogen-bond acceptors (Lipinski definition) is 5. The van der Waals surface area contributed by atoms with E-state index in [9.17, 15) is 4.79 Å². The number of benzene rings is 1. The maximum absolute atomic E-state index is 11.0. The van der Waals surface area contributed by atoms with Crippen molar-refractivity contribution < 1.29 is 23.9 Å². The number of ether oxygens (including phenoxy) is 2. The zero-order valence-electron chi connectivity index (χ0n) is 12.3. The molecule has 0 atom stereocenters. The summed E-state index contributed by atoms with van der Waals surface area (Å²) in [6.45, 7) is 4.06. The van der Waals surface area contributed by atoms with Gasteiger partial charge in [0.2, 0.25) is 5.76 Å². The molecule has 0 spiro atoms. The number of methoxy groups -OCH3 is 2. The fourth-order valence-corrected chi connectivity index (χ4v) is 2.18. The molecule has 0 unspecified atom stereocenters. The fraction of sp³-hybridized carbons (Fsp3) is 0.333. The van der Waals surface area contributed by atoms with Crippen molar-refractivity contribution in [2.24, 2.45) is 0 Å². The van der Waals surface area contributed by atoms with Gasteiger partial charge in [0.15, 0.2) is 11.5 Å². The highest BCUT2D eigenvalue weighted by atomic mass is 16.5. The third kappa shape index (κ3) is 2.69. The molecule has 0 radical (unpaired) electrons. The van der Waals surface area contributed by atoms with Gasteiger partial charge in [-0.05, 0) is 17.5 Å². The highest BCUT2D eigenvalue weighted by molar-refractivity contribution is 5.87. The molecule has 112 valence electrons. The van der Waals surface area contributed by atoms with Crippen LogP contribution in [0.1, 0.15) is 35.9 Å². The average molecular weight is 291 g/mol. The van der Waals surface area contributed by atoms with Crippen LogP contribution in [0, 0.1) is 0 Å². The second-order valence-corrected chi connectivity index (χ2v) is 4.80. The zero-order chi connectivity index (χ0) is 15.6. The van der Waals surface area contributed by atoms with Crippen molar-refractivity contribution in [3.8, 4) is 22.8 Å². The molecule has 0 saturated carbocycles. The van der Waals surface area contributed by atoms with Gasteiger partial charge in [-0.1, -0.05) is 25.1 Å². The van der Waals surface area contributed by atoms with Gasteiger partial charge in [-0.3, -0.25) is 0 Å². The molecule has 0 saturated heterocycles. The van der Waals surface area contributed by atoms with E-state index in [4.69, 9.17) is 19.1 Å². The van der Waals surface area contributed by atoms with E-state index in [1.807, 2.05) is 26.0 Å². The number of carboxylic acid groups (broad SMARTS) is 1. The summed E-state index contributed by atoms with van der Waals surface area (Å²) in [7, 11) is 3.08. The van der Waals surface area contributed by atoms with Gasteiger partial charge in [0.25, 0.3) is 0 Å². The molecule has 0 bridgehead atoms. The number of nitrogens with zero attached hydrogens (tertiary/aromatic N) is 1. The summed E-state index contributed by atoms with van der Waals surface area (Å²) < 4.78 is 15.6. The lowest BCUT2D eigenvalue weighted by Gasteiger charge is -2.17. The van der Waals surface area contributed by atoms with Crippen LogP contribution in [0.5, 0.6) is 11.5 Å². The number of aromatic carboxylic acids is 1. The van der Waals surface area contributed by atoms with Gasteiger partial charge >= 0.3 is 5.97 Å². The Balaban J connectivity index is 2.70. The van der Waals surface area contributed by atoms with Crippen LogP contribution in [0.15, 0.2) is 22.7 Å². The summed E-state index contributed by atoms with van der Waals surface area (Å²) in [5.74, 6) is -0.123. The average Bonchev–Trinajstić information content (AvgIpc) is 2.94. The van der Waals surface area contributed by atoms with Crippen molar-refractivity contribution in [2.45, 2.75) is 19.8 Å². The lowest BCUT2D eigenvalue weighted by Crippen LogP contribution is -1.99. The third-order valence-electron chi connectivity index (χ3n) is 3.18. The topological polar surface area (TPSA) is 81.8 Å². The first-order valence-electron chi connectivity index (χ1n) is 6.44. The molecule has 1 N–H and O–H groups in total. The van der Waals surface area contributed by atoms with Gasteiger partial charge in [-0.15, -0.1) is 0 Å². The Labute approximate surface area is 122 Å². The van der Waals surface area contributed by atoms with Crippen molar-refractivity contribution in [1.82, 2.24) is 5.16 Å². The normalized spacial score (nSPS) is 10.7. The van der Waals surface area contributed by atoms with E-state index in [1.54, 1.807) is 7.11 Å². The predicted octanol–water partition coefficient (Wildman–Crippen LogP) is 3.18. The monoisotopic (exact) mass is 291 g/mol. The Bertz CT molecular complexity index is 660. The Kier molecular flexibility index (Phi) is 4.16. The highest BCUT2D eigenvalue weighted by Crippen LogP contribution is 2.42. The SMILES string of the molecule is COc1ccc(C(C)C)c(-c2cc(C(=O)O)on2)c1OC. The minimum Gasteiger partial charge on any atom is -0.493 e. The van der Waals surface area contributed by atoms with Crippen molar-refractivity contribution in [2.75, 3.05) is 14.2 Å². The molecule has 1 aromatic heterocycles. The standard InChI is InChI=1S/C15H17NO5/c1-8(2)9-5-6-11(19-3)14(20-4)13(9)10-7-12(15(17)18)21-16-10/h5-8H,1-4H3,(H,17,18). The van der Waals surface area contributed by atoms with Gasteiger partial charge in [0.05, 0.1) is 19.8 Å². The Morgan fingerprint density at radius 1 is 1.29 bits per heavy atom. The Hall–Kier alpha value is -2.50. The molecule has 1 aromatic carbocycles. The molecular weight excluding hydrogens is 274 g/mol. The molecule has 6 heteroatoms. The number of carboxylic acids is 1. The Morgan fingerprint density at radius 2 is 2.00 bits per heavy atom. The predicted molar refractivity (Wildman–Crippen MR) is 76.1 cm³/mol. The van der Waals surface area contributed by atoms with Crippen molar-refractivity contribution >= 4 is 5.97 Å². The van der Waals surface area contributed by atoms with Gasteiger partial charge in [0, 0.05) is 6.07 Å². The summed E-state index contributed by atoms with van der Waals surface area (Å²) in [5, 5.41) is 12.8. The molecule has 0 aliphatic heterocycles. The summed E-state index contributed by atoms with van der Waals surface area (Å²) in [4.78, 5) is 11.0. The number of aromatic nitrogens is 1. The van der Waals surface area contributed by atoms with Crippen LogP contribution in [-0.2, 0) is 0 Å². The van der Waals surface area contributed by atoms with Crippen molar-refractivity contribution in [3.05, 3.63) is 29.5 Å². The molecule has 0 amide bonds. The Morgan fingerprint density at radius 3 is 2.48 bits per heavy atom.